The molecule has 1 aliphatic rings. The largest absolute Gasteiger partial charge is 0.435 e. The Kier molecular flexibility index (Phi) is 5.54. The summed E-state index contributed by atoms with van der Waals surface area (Å²) in [5, 5.41) is 15.5. The Bertz CT molecular complexity index is 1190. The number of nitrogens with zero attached hydrogens (tertiary/aromatic N) is 3. The van der Waals surface area contributed by atoms with Crippen LogP contribution in [0.3, 0.4) is 0 Å². The fourth-order valence-corrected chi connectivity index (χ4v) is 3.28. The first-order chi connectivity index (χ1) is 15.3. The van der Waals surface area contributed by atoms with Gasteiger partial charge in [0.2, 0.25) is 0 Å². The molecule has 1 aromatic heterocycles. The van der Waals surface area contributed by atoms with Crippen molar-refractivity contribution in [3.8, 4) is 16.9 Å². The van der Waals surface area contributed by atoms with Crippen LogP contribution in [-0.2, 0) is 15.8 Å². The summed E-state index contributed by atoms with van der Waals surface area (Å²) in [6.07, 6.45) is -3.47. The second-order valence-corrected chi connectivity index (χ2v) is 6.94. The first-order valence-corrected chi connectivity index (χ1v) is 9.56. The van der Waals surface area contributed by atoms with E-state index < -0.39 is 23.7 Å². The molecular formula is C22H17F3N4O3. The average Bonchev–Trinajstić information content (AvgIpc) is 3.33. The summed E-state index contributed by atoms with van der Waals surface area (Å²) in [5.41, 5.74) is 0.702. The molecule has 2 heterocycles. The summed E-state index contributed by atoms with van der Waals surface area (Å²) in [4.78, 5) is 25.0. The minimum atomic E-state index is -4.60. The molecule has 0 saturated carbocycles. The lowest BCUT2D eigenvalue weighted by Crippen LogP contribution is -2.34. The second kappa shape index (κ2) is 8.31. The van der Waals surface area contributed by atoms with Gasteiger partial charge in [0.15, 0.2) is 5.69 Å². The van der Waals surface area contributed by atoms with E-state index in [0.717, 1.165) is 17.0 Å². The molecule has 32 heavy (non-hydrogen) atoms. The molecule has 0 fully saturated rings. The number of para-hydroxylation sites is 1. The minimum absolute atomic E-state index is 0.0462. The Morgan fingerprint density at radius 2 is 1.69 bits per heavy atom. The van der Waals surface area contributed by atoms with Gasteiger partial charge in [-0.05, 0) is 30.3 Å². The van der Waals surface area contributed by atoms with Gasteiger partial charge in [0.25, 0.3) is 11.8 Å². The van der Waals surface area contributed by atoms with Crippen molar-refractivity contribution in [2.24, 2.45) is 0 Å². The molecule has 1 aliphatic heterocycles. The maximum absolute atomic E-state index is 13.3. The summed E-state index contributed by atoms with van der Waals surface area (Å²) < 4.78 is 41.1. The van der Waals surface area contributed by atoms with Gasteiger partial charge in [-0.3, -0.25) is 14.5 Å². The maximum Gasteiger partial charge on any atom is 0.435 e. The number of aliphatic hydroxyl groups is 1. The van der Waals surface area contributed by atoms with E-state index in [9.17, 15) is 22.8 Å². The molecule has 3 aromatic rings. The van der Waals surface area contributed by atoms with Crippen LogP contribution in [0.15, 0.2) is 72.4 Å². The van der Waals surface area contributed by atoms with Crippen molar-refractivity contribution in [1.29, 1.82) is 0 Å². The van der Waals surface area contributed by atoms with E-state index in [-0.39, 0.29) is 24.5 Å². The van der Waals surface area contributed by atoms with Crippen LogP contribution in [0.4, 0.5) is 18.9 Å². The lowest BCUT2D eigenvalue weighted by atomic mass is 10.1. The number of anilines is 1. The summed E-state index contributed by atoms with van der Waals surface area (Å²) in [5.74, 6) is -1.10. The molecule has 2 amide bonds. The zero-order valence-electron chi connectivity index (χ0n) is 16.5. The van der Waals surface area contributed by atoms with Crippen LogP contribution in [0.1, 0.15) is 5.69 Å². The zero-order valence-corrected chi connectivity index (χ0v) is 16.5. The van der Waals surface area contributed by atoms with Gasteiger partial charge in [-0.25, -0.2) is 4.68 Å². The molecule has 0 bridgehead atoms. The number of halogens is 3. The number of carbonyl (C=O) groups excluding carboxylic acids is 2. The fourth-order valence-electron chi connectivity index (χ4n) is 3.28. The molecular weight excluding hydrogens is 425 g/mol. The Hall–Kier alpha value is -3.92. The highest BCUT2D eigenvalue weighted by atomic mass is 19.4. The number of aliphatic hydroxyl groups excluding tert-OH is 1. The predicted octanol–water partition coefficient (Wildman–Crippen LogP) is 3.22. The van der Waals surface area contributed by atoms with Gasteiger partial charge in [0.1, 0.15) is 5.70 Å². The normalized spacial score (nSPS) is 14.1. The number of amides is 2. The van der Waals surface area contributed by atoms with Crippen molar-refractivity contribution in [3.05, 3.63) is 78.1 Å². The van der Waals surface area contributed by atoms with Crippen molar-refractivity contribution < 1.29 is 27.9 Å². The van der Waals surface area contributed by atoms with Crippen LogP contribution in [0, 0.1) is 0 Å². The highest BCUT2D eigenvalue weighted by molar-refractivity contribution is 6.17. The first-order valence-electron chi connectivity index (χ1n) is 9.56. The number of nitrogens with one attached hydrogen (secondary N) is 1. The monoisotopic (exact) mass is 442 g/mol. The van der Waals surface area contributed by atoms with Crippen LogP contribution in [0.25, 0.3) is 16.9 Å². The number of imide groups is 1. The number of hydrogen-bond donors (Lipinski definition) is 2. The van der Waals surface area contributed by atoms with Crippen molar-refractivity contribution in [2.45, 2.75) is 6.18 Å². The van der Waals surface area contributed by atoms with E-state index >= 15 is 0 Å². The van der Waals surface area contributed by atoms with Gasteiger partial charge in [-0.1, -0.05) is 30.3 Å². The summed E-state index contributed by atoms with van der Waals surface area (Å²) >= 11 is 0. The lowest BCUT2D eigenvalue weighted by Gasteiger charge is -2.13. The summed E-state index contributed by atoms with van der Waals surface area (Å²) in [7, 11) is 0. The molecule has 7 nitrogen and oxygen atoms in total. The predicted molar refractivity (Wildman–Crippen MR) is 110 cm³/mol. The molecule has 4 rings (SSSR count). The van der Waals surface area contributed by atoms with E-state index in [4.69, 9.17) is 5.11 Å². The zero-order chi connectivity index (χ0) is 22.9. The van der Waals surface area contributed by atoms with Crippen LogP contribution in [0.5, 0.6) is 0 Å². The fraction of sp³-hybridized carbons (Fsp3) is 0.136. The maximum atomic E-state index is 13.3. The van der Waals surface area contributed by atoms with E-state index in [0.29, 0.717) is 16.9 Å². The Balaban J connectivity index is 1.62. The number of β-amino-alcohol motifs (C(OH)–C–C–N with tert-alkyl or cyclic N) is 1. The standard InChI is InChI=1S/C22H17F3N4O3/c23-22(24,25)19-13-18(29(27-19)16-4-2-1-3-5-16)14-6-8-15(9-7-14)26-17-12-20(31)28(10-11-30)21(17)32/h1-9,12-13,26,30H,10-11H2. The van der Waals surface area contributed by atoms with Crippen molar-refractivity contribution in [1.82, 2.24) is 14.7 Å². The van der Waals surface area contributed by atoms with Crippen molar-refractivity contribution in [3.63, 3.8) is 0 Å². The Morgan fingerprint density at radius 3 is 2.31 bits per heavy atom. The first kappa shape index (κ1) is 21.3. The molecule has 0 aliphatic carbocycles. The summed E-state index contributed by atoms with van der Waals surface area (Å²) in [6.45, 7) is -0.453. The average molecular weight is 442 g/mol. The number of rotatable bonds is 6. The number of benzene rings is 2. The molecule has 0 radical (unpaired) electrons. The minimum Gasteiger partial charge on any atom is -0.395 e. The van der Waals surface area contributed by atoms with Gasteiger partial charge in [0, 0.05) is 17.3 Å². The lowest BCUT2D eigenvalue weighted by molar-refractivity contribution is -0.141. The number of aromatic nitrogens is 2. The van der Waals surface area contributed by atoms with Gasteiger partial charge in [-0.15, -0.1) is 0 Å². The third kappa shape index (κ3) is 4.12. The molecule has 2 aromatic carbocycles. The Morgan fingerprint density at radius 1 is 1.00 bits per heavy atom. The number of alkyl halides is 3. The highest BCUT2D eigenvalue weighted by Gasteiger charge is 2.35. The molecule has 2 N–H and O–H groups in total. The van der Waals surface area contributed by atoms with Crippen molar-refractivity contribution in [2.75, 3.05) is 18.5 Å². The molecule has 0 unspecified atom stereocenters. The number of hydrogen-bond acceptors (Lipinski definition) is 5. The van der Waals surface area contributed by atoms with Gasteiger partial charge < -0.3 is 10.4 Å². The topological polar surface area (TPSA) is 87.5 Å². The summed E-state index contributed by atoms with van der Waals surface area (Å²) in [6, 6.07) is 15.8. The van der Waals surface area contributed by atoms with Crippen molar-refractivity contribution >= 4 is 17.5 Å². The molecule has 0 spiro atoms. The number of carbonyl (C=O) groups is 2. The van der Waals surface area contributed by atoms with Crippen LogP contribution in [0.2, 0.25) is 0 Å². The van der Waals surface area contributed by atoms with E-state index in [1.54, 1.807) is 54.6 Å². The molecule has 164 valence electrons. The Labute approximate surface area is 180 Å². The van der Waals surface area contributed by atoms with Crippen LogP contribution < -0.4 is 5.32 Å². The highest BCUT2D eigenvalue weighted by Crippen LogP contribution is 2.33. The third-order valence-electron chi connectivity index (χ3n) is 4.79. The molecule has 0 saturated heterocycles. The van der Waals surface area contributed by atoms with E-state index in [1.807, 2.05) is 0 Å². The molecule has 0 atom stereocenters. The quantitative estimate of drug-likeness (QED) is 0.573. The van der Waals surface area contributed by atoms with Crippen LogP contribution in [-0.4, -0.2) is 44.8 Å². The second-order valence-electron chi connectivity index (χ2n) is 6.94. The van der Waals surface area contributed by atoms with Gasteiger partial charge in [-0.2, -0.15) is 18.3 Å². The SMILES string of the molecule is O=C1C=C(Nc2ccc(-c3cc(C(F)(F)F)nn3-c3ccccc3)cc2)C(=O)N1CCO. The van der Waals surface area contributed by atoms with Gasteiger partial charge in [0.05, 0.1) is 24.5 Å². The van der Waals surface area contributed by atoms with Crippen LogP contribution >= 0.6 is 0 Å². The smallest absolute Gasteiger partial charge is 0.395 e. The third-order valence-corrected chi connectivity index (χ3v) is 4.79. The van der Waals surface area contributed by atoms with E-state index in [1.165, 1.54) is 4.68 Å². The van der Waals surface area contributed by atoms with Gasteiger partial charge >= 0.3 is 6.18 Å². The van der Waals surface area contributed by atoms with E-state index in [2.05, 4.69) is 10.4 Å². The molecule has 10 heteroatoms.